The fourth-order valence-electron chi connectivity index (χ4n) is 5.94. The third-order valence-electron chi connectivity index (χ3n) is 7.94. The molecule has 7 rings (SSSR count). The molecule has 1 aliphatic rings. The molecule has 5 aromatic heterocycles. The first kappa shape index (κ1) is 24.6. The molecule has 6 aromatic rings. The molecule has 0 amide bonds. The van der Waals surface area contributed by atoms with Gasteiger partial charge in [0.05, 0.1) is 17.4 Å². The van der Waals surface area contributed by atoms with Crippen LogP contribution in [0.3, 0.4) is 0 Å². The van der Waals surface area contributed by atoms with Gasteiger partial charge in [-0.1, -0.05) is 18.9 Å². The second-order valence-electron chi connectivity index (χ2n) is 10.9. The minimum absolute atomic E-state index is 0.261. The fraction of sp³-hybridized carbons (Fsp3) is 0.250. The van der Waals surface area contributed by atoms with Gasteiger partial charge < -0.3 is 10.3 Å². The average Bonchev–Trinajstić information content (AvgIpc) is 3.71. The Morgan fingerprint density at radius 3 is 2.60 bits per heavy atom. The first-order valence-electron chi connectivity index (χ1n) is 13.8. The molecular weight excluding hydrogens is 501 g/mol. The predicted molar refractivity (Wildman–Crippen MR) is 156 cm³/mol. The minimum Gasteiger partial charge on any atom is -0.352 e. The number of hydrogen-bond donors (Lipinski definition) is 3. The standard InChI is InChI=1S/C32H30FN7/c1-19-6-22(9-25(33)7-19)28-17-36-18-30-26(28)11-29(38-30)31-27-10-24(16-37-32(27)40-39-31)23-8-21(14-35-15-23)13-34-12-20-4-2-3-5-20/h6-11,14-18,20,34,38H,2-5,12-13H2,1H3,(H,37,39,40). The lowest BCUT2D eigenvalue weighted by Gasteiger charge is -2.11. The van der Waals surface area contributed by atoms with Crippen molar-refractivity contribution in [3.8, 4) is 33.6 Å². The molecule has 3 N–H and O–H groups in total. The molecule has 1 aliphatic carbocycles. The van der Waals surface area contributed by atoms with E-state index >= 15 is 0 Å². The van der Waals surface area contributed by atoms with Crippen molar-refractivity contribution in [2.24, 2.45) is 5.92 Å². The third kappa shape index (κ3) is 4.75. The summed E-state index contributed by atoms with van der Waals surface area (Å²) in [4.78, 5) is 17.0. The van der Waals surface area contributed by atoms with Crippen molar-refractivity contribution in [1.29, 1.82) is 0 Å². The van der Waals surface area contributed by atoms with Gasteiger partial charge in [-0.15, -0.1) is 0 Å². The van der Waals surface area contributed by atoms with E-state index in [-0.39, 0.29) is 5.82 Å². The molecule has 5 heterocycles. The molecule has 1 saturated carbocycles. The Bertz CT molecular complexity index is 1810. The lowest BCUT2D eigenvalue weighted by Crippen LogP contribution is -2.20. The van der Waals surface area contributed by atoms with Gasteiger partial charge in [-0.05, 0) is 79.3 Å². The maximum absolute atomic E-state index is 14.2. The van der Waals surface area contributed by atoms with Crippen molar-refractivity contribution in [3.63, 3.8) is 0 Å². The van der Waals surface area contributed by atoms with Crippen molar-refractivity contribution in [1.82, 2.24) is 35.5 Å². The lowest BCUT2D eigenvalue weighted by molar-refractivity contribution is 0.489. The summed E-state index contributed by atoms with van der Waals surface area (Å²) in [6.45, 7) is 3.76. The summed E-state index contributed by atoms with van der Waals surface area (Å²) >= 11 is 0. The zero-order valence-electron chi connectivity index (χ0n) is 22.3. The number of H-pyrrole nitrogens is 2. The van der Waals surface area contributed by atoms with Gasteiger partial charge in [-0.3, -0.25) is 15.1 Å². The molecule has 0 bridgehead atoms. The molecule has 0 aliphatic heterocycles. The lowest BCUT2D eigenvalue weighted by atomic mass is 10.0. The van der Waals surface area contributed by atoms with Gasteiger partial charge in [0.15, 0.2) is 5.65 Å². The molecule has 40 heavy (non-hydrogen) atoms. The Balaban J connectivity index is 1.21. The van der Waals surface area contributed by atoms with Gasteiger partial charge in [0.25, 0.3) is 0 Å². The monoisotopic (exact) mass is 531 g/mol. The normalized spacial score (nSPS) is 14.1. The van der Waals surface area contributed by atoms with Crippen LogP contribution < -0.4 is 5.32 Å². The Morgan fingerprint density at radius 1 is 0.875 bits per heavy atom. The van der Waals surface area contributed by atoms with Crippen LogP contribution in [0.4, 0.5) is 4.39 Å². The topological polar surface area (TPSA) is 95.2 Å². The van der Waals surface area contributed by atoms with Crippen LogP contribution in [0.15, 0.2) is 67.4 Å². The van der Waals surface area contributed by atoms with Crippen molar-refractivity contribution >= 4 is 21.9 Å². The van der Waals surface area contributed by atoms with E-state index in [9.17, 15) is 4.39 Å². The van der Waals surface area contributed by atoms with Gasteiger partial charge >= 0.3 is 0 Å². The highest BCUT2D eigenvalue weighted by atomic mass is 19.1. The van der Waals surface area contributed by atoms with E-state index in [1.54, 1.807) is 18.5 Å². The van der Waals surface area contributed by atoms with Crippen LogP contribution in [0.5, 0.6) is 0 Å². The van der Waals surface area contributed by atoms with Gasteiger partial charge in [0, 0.05) is 58.8 Å². The smallest absolute Gasteiger partial charge is 0.155 e. The zero-order valence-corrected chi connectivity index (χ0v) is 22.3. The molecule has 0 atom stereocenters. The SMILES string of the molecule is Cc1cc(F)cc(-c2cncc3[nH]c(-c4n[nH]c5ncc(-c6cncc(CNCC7CCCC7)c6)cc45)cc23)c1. The predicted octanol–water partition coefficient (Wildman–Crippen LogP) is 6.96. The van der Waals surface area contributed by atoms with Gasteiger partial charge in [0.1, 0.15) is 11.5 Å². The van der Waals surface area contributed by atoms with Gasteiger partial charge in [-0.2, -0.15) is 5.10 Å². The average molecular weight is 532 g/mol. The Hall–Kier alpha value is -4.43. The summed E-state index contributed by atoms with van der Waals surface area (Å²) in [5.74, 6) is 0.541. The number of benzene rings is 1. The van der Waals surface area contributed by atoms with Crippen molar-refractivity contribution in [2.75, 3.05) is 6.54 Å². The number of nitrogens with one attached hydrogen (secondary N) is 3. The number of aromatic nitrogens is 6. The summed E-state index contributed by atoms with van der Waals surface area (Å²) in [6, 6.07) is 11.4. The summed E-state index contributed by atoms with van der Waals surface area (Å²) < 4.78 is 14.2. The maximum Gasteiger partial charge on any atom is 0.155 e. The highest BCUT2D eigenvalue weighted by Gasteiger charge is 2.17. The van der Waals surface area contributed by atoms with E-state index in [0.29, 0.717) is 5.65 Å². The van der Waals surface area contributed by atoms with Gasteiger partial charge in [0.2, 0.25) is 0 Å². The molecular formula is C32H30FN7. The van der Waals surface area contributed by atoms with Crippen LogP contribution in [0, 0.1) is 18.7 Å². The van der Waals surface area contributed by atoms with Crippen LogP contribution in [-0.2, 0) is 6.54 Å². The van der Waals surface area contributed by atoms with Crippen LogP contribution in [-0.4, -0.2) is 36.7 Å². The van der Waals surface area contributed by atoms with E-state index in [4.69, 9.17) is 0 Å². The van der Waals surface area contributed by atoms with Crippen molar-refractivity contribution in [3.05, 3.63) is 84.3 Å². The second-order valence-corrected chi connectivity index (χ2v) is 10.9. The number of pyridine rings is 3. The summed E-state index contributed by atoms with van der Waals surface area (Å²) in [5, 5.41) is 13.1. The van der Waals surface area contributed by atoms with Crippen LogP contribution in [0.1, 0.15) is 36.8 Å². The molecule has 0 saturated heterocycles. The summed E-state index contributed by atoms with van der Waals surface area (Å²) in [5.41, 5.74) is 8.85. The molecule has 0 spiro atoms. The number of aromatic amines is 2. The molecule has 1 fully saturated rings. The number of hydrogen-bond acceptors (Lipinski definition) is 5. The van der Waals surface area contributed by atoms with Crippen LogP contribution >= 0.6 is 0 Å². The molecule has 0 radical (unpaired) electrons. The third-order valence-corrected chi connectivity index (χ3v) is 7.94. The molecule has 0 unspecified atom stereocenters. The molecule has 7 nitrogen and oxygen atoms in total. The number of fused-ring (bicyclic) bond motifs is 2. The number of aryl methyl sites for hydroxylation is 1. The number of halogens is 1. The summed E-state index contributed by atoms with van der Waals surface area (Å²) in [6.07, 6.45) is 14.6. The highest BCUT2D eigenvalue weighted by Crippen LogP contribution is 2.35. The van der Waals surface area contributed by atoms with E-state index in [1.807, 2.05) is 37.6 Å². The van der Waals surface area contributed by atoms with Crippen LogP contribution in [0.25, 0.3) is 55.6 Å². The molecule has 8 heteroatoms. The summed E-state index contributed by atoms with van der Waals surface area (Å²) in [7, 11) is 0. The first-order chi connectivity index (χ1) is 19.6. The van der Waals surface area contributed by atoms with Crippen molar-refractivity contribution < 1.29 is 4.39 Å². The Labute approximate surface area is 231 Å². The quantitative estimate of drug-likeness (QED) is 0.207. The van der Waals surface area contributed by atoms with Gasteiger partial charge in [-0.25, -0.2) is 9.37 Å². The Morgan fingerprint density at radius 2 is 1.73 bits per heavy atom. The second kappa shape index (κ2) is 10.3. The van der Waals surface area contributed by atoms with E-state index in [0.717, 1.165) is 80.1 Å². The van der Waals surface area contributed by atoms with Crippen molar-refractivity contribution in [2.45, 2.75) is 39.2 Å². The molecule has 200 valence electrons. The van der Waals surface area contributed by atoms with Crippen LogP contribution in [0.2, 0.25) is 0 Å². The Kier molecular flexibility index (Phi) is 6.32. The minimum atomic E-state index is -0.261. The van der Waals surface area contributed by atoms with E-state index in [1.165, 1.54) is 31.7 Å². The zero-order chi connectivity index (χ0) is 27.1. The largest absolute Gasteiger partial charge is 0.352 e. The number of rotatable bonds is 7. The highest BCUT2D eigenvalue weighted by molar-refractivity contribution is 6.00. The van der Waals surface area contributed by atoms with E-state index < -0.39 is 0 Å². The maximum atomic E-state index is 14.2. The fourth-order valence-corrected chi connectivity index (χ4v) is 5.94. The first-order valence-corrected chi connectivity index (χ1v) is 13.8. The number of nitrogens with zero attached hydrogens (tertiary/aromatic N) is 4. The molecule has 1 aromatic carbocycles. The van der Waals surface area contributed by atoms with E-state index in [2.05, 4.69) is 47.6 Å².